The third-order valence-corrected chi connectivity index (χ3v) is 6.36. The molecule has 0 saturated heterocycles. The van der Waals surface area contributed by atoms with Gasteiger partial charge < -0.3 is 9.88 Å². The monoisotopic (exact) mass is 345 g/mol. The van der Waals surface area contributed by atoms with Gasteiger partial charge in [-0.2, -0.15) is 0 Å². The summed E-state index contributed by atoms with van der Waals surface area (Å²) in [6.45, 7) is 0.636. The predicted molar refractivity (Wildman–Crippen MR) is 99.3 cm³/mol. The zero-order chi connectivity index (χ0) is 17.2. The van der Waals surface area contributed by atoms with Crippen LogP contribution in [0.4, 0.5) is 0 Å². The Labute approximate surface area is 148 Å². The van der Waals surface area contributed by atoms with Gasteiger partial charge in [0, 0.05) is 30.4 Å². The van der Waals surface area contributed by atoms with Crippen molar-refractivity contribution in [3.8, 4) is 0 Å². The fraction of sp³-hybridized carbons (Fsp3) is 0.526. The summed E-state index contributed by atoms with van der Waals surface area (Å²) in [6, 6.07) is 8.53. The number of nitrogens with zero attached hydrogens (tertiary/aromatic N) is 2. The lowest BCUT2D eigenvalue weighted by atomic mass is 9.83. The van der Waals surface area contributed by atoms with E-state index in [1.165, 1.54) is 10.6 Å². The lowest BCUT2D eigenvalue weighted by molar-refractivity contribution is -0.126. The molecule has 4 nitrogen and oxygen atoms in total. The lowest BCUT2D eigenvalue weighted by Gasteiger charge is -2.30. The minimum atomic E-state index is -0.306. The second kappa shape index (κ2) is 7.11. The molecule has 1 saturated carbocycles. The van der Waals surface area contributed by atoms with E-state index in [1.807, 2.05) is 0 Å². The van der Waals surface area contributed by atoms with Gasteiger partial charge in [0.05, 0.1) is 11.5 Å². The molecule has 0 aromatic carbocycles. The molecule has 130 valence electrons. The molecule has 2 aromatic heterocycles. The number of aromatic nitrogens is 1. The third-order valence-electron chi connectivity index (χ3n) is 5.29. The Balaban J connectivity index is 1.75. The van der Waals surface area contributed by atoms with Crippen molar-refractivity contribution in [3.63, 3.8) is 0 Å². The van der Waals surface area contributed by atoms with Crippen LogP contribution in [0.15, 0.2) is 35.8 Å². The molecule has 24 heavy (non-hydrogen) atoms. The van der Waals surface area contributed by atoms with Crippen LogP contribution in [0.25, 0.3) is 0 Å². The molecule has 1 aliphatic carbocycles. The number of rotatable bonds is 6. The Bertz CT molecular complexity index is 669. The van der Waals surface area contributed by atoms with Crippen molar-refractivity contribution >= 4 is 17.2 Å². The second-order valence-electron chi connectivity index (χ2n) is 7.00. The fourth-order valence-corrected chi connectivity index (χ4v) is 4.83. The summed E-state index contributed by atoms with van der Waals surface area (Å²) in [6.07, 6.45) is 6.27. The SMILES string of the molecule is CN(C)C(CNC(=O)C1(c2cccs2)CCCC1)c1cccn1C. The Morgan fingerprint density at radius 3 is 2.62 bits per heavy atom. The highest BCUT2D eigenvalue weighted by Crippen LogP contribution is 2.43. The number of hydrogen-bond donors (Lipinski definition) is 1. The summed E-state index contributed by atoms with van der Waals surface area (Å²) in [5.74, 6) is 0.198. The van der Waals surface area contributed by atoms with E-state index in [4.69, 9.17) is 0 Å². The van der Waals surface area contributed by atoms with Crippen LogP contribution in [0.3, 0.4) is 0 Å². The van der Waals surface area contributed by atoms with Crippen LogP contribution in [0, 0.1) is 0 Å². The molecule has 0 bridgehead atoms. The van der Waals surface area contributed by atoms with Gasteiger partial charge in [-0.15, -0.1) is 11.3 Å². The van der Waals surface area contributed by atoms with Crippen molar-refractivity contribution in [1.82, 2.24) is 14.8 Å². The van der Waals surface area contributed by atoms with E-state index in [1.54, 1.807) is 11.3 Å². The van der Waals surface area contributed by atoms with Crippen LogP contribution in [-0.2, 0) is 17.3 Å². The number of thiophene rings is 1. The largest absolute Gasteiger partial charge is 0.353 e. The van der Waals surface area contributed by atoms with Crippen molar-refractivity contribution in [3.05, 3.63) is 46.4 Å². The fourth-order valence-electron chi connectivity index (χ4n) is 3.85. The molecule has 1 aliphatic rings. The molecule has 3 rings (SSSR count). The average molecular weight is 346 g/mol. The first kappa shape index (κ1) is 17.2. The van der Waals surface area contributed by atoms with Crippen LogP contribution in [0.5, 0.6) is 0 Å². The molecule has 1 N–H and O–H groups in total. The molecule has 1 atom stereocenters. The number of likely N-dealkylation sites (N-methyl/N-ethyl adjacent to an activating group) is 1. The van der Waals surface area contributed by atoms with E-state index in [2.05, 4.69) is 71.8 Å². The van der Waals surface area contributed by atoms with Crippen LogP contribution < -0.4 is 5.32 Å². The summed E-state index contributed by atoms with van der Waals surface area (Å²) in [5.41, 5.74) is 0.913. The van der Waals surface area contributed by atoms with E-state index in [9.17, 15) is 4.79 Å². The smallest absolute Gasteiger partial charge is 0.231 e. The summed E-state index contributed by atoms with van der Waals surface area (Å²) in [7, 11) is 6.18. The molecule has 0 radical (unpaired) electrons. The van der Waals surface area contributed by atoms with Gasteiger partial charge >= 0.3 is 0 Å². The summed E-state index contributed by atoms with van der Waals surface area (Å²) in [5, 5.41) is 5.34. The highest BCUT2D eigenvalue weighted by Gasteiger charge is 2.43. The van der Waals surface area contributed by atoms with E-state index in [0.29, 0.717) is 6.54 Å². The maximum absolute atomic E-state index is 13.1. The minimum absolute atomic E-state index is 0.177. The zero-order valence-corrected chi connectivity index (χ0v) is 15.6. The number of aryl methyl sites for hydroxylation is 1. The van der Waals surface area contributed by atoms with Crippen LogP contribution >= 0.6 is 11.3 Å². The van der Waals surface area contributed by atoms with Crippen molar-refractivity contribution < 1.29 is 4.79 Å². The van der Waals surface area contributed by atoms with Gasteiger partial charge in [0.1, 0.15) is 0 Å². The maximum Gasteiger partial charge on any atom is 0.231 e. The molecular weight excluding hydrogens is 318 g/mol. The van der Waals surface area contributed by atoms with Gasteiger partial charge in [0.25, 0.3) is 0 Å². The lowest BCUT2D eigenvalue weighted by Crippen LogP contribution is -2.45. The Hall–Kier alpha value is -1.59. The number of carbonyl (C=O) groups excluding carboxylic acids is 1. The van der Waals surface area contributed by atoms with Crippen LogP contribution in [0.1, 0.15) is 42.3 Å². The highest BCUT2D eigenvalue weighted by atomic mass is 32.1. The summed E-state index contributed by atoms with van der Waals surface area (Å²) < 4.78 is 2.13. The van der Waals surface area contributed by atoms with E-state index in [0.717, 1.165) is 25.7 Å². The number of nitrogens with one attached hydrogen (secondary N) is 1. The Morgan fingerprint density at radius 1 is 1.33 bits per heavy atom. The first-order valence-electron chi connectivity index (χ1n) is 8.64. The standard InChI is InChI=1S/C19H27N3OS/c1-21(2)16(15-8-6-12-22(15)3)14-20-18(23)19(10-4-5-11-19)17-9-7-13-24-17/h6-9,12-13,16H,4-5,10-11,14H2,1-3H3,(H,20,23). The molecule has 0 aliphatic heterocycles. The average Bonchev–Trinajstić information content (AvgIpc) is 3.29. The highest BCUT2D eigenvalue weighted by molar-refractivity contribution is 7.10. The molecule has 2 aromatic rings. The molecule has 1 unspecified atom stereocenters. The van der Waals surface area contributed by atoms with E-state index >= 15 is 0 Å². The van der Waals surface area contributed by atoms with E-state index in [-0.39, 0.29) is 17.4 Å². The first-order chi connectivity index (χ1) is 11.5. The third kappa shape index (κ3) is 3.15. The summed E-state index contributed by atoms with van der Waals surface area (Å²) in [4.78, 5) is 16.5. The van der Waals surface area contributed by atoms with Crippen molar-refractivity contribution in [2.75, 3.05) is 20.6 Å². The van der Waals surface area contributed by atoms with Crippen molar-refractivity contribution in [1.29, 1.82) is 0 Å². The van der Waals surface area contributed by atoms with Gasteiger partial charge in [-0.05, 0) is 50.5 Å². The summed E-state index contributed by atoms with van der Waals surface area (Å²) >= 11 is 1.71. The van der Waals surface area contributed by atoms with E-state index < -0.39 is 0 Å². The normalized spacial score (nSPS) is 18.0. The van der Waals surface area contributed by atoms with Crippen LogP contribution in [-0.4, -0.2) is 36.0 Å². The zero-order valence-electron chi connectivity index (χ0n) is 14.8. The van der Waals surface area contributed by atoms with Gasteiger partial charge in [0.2, 0.25) is 5.91 Å². The quantitative estimate of drug-likeness (QED) is 0.872. The second-order valence-corrected chi connectivity index (χ2v) is 7.95. The van der Waals surface area contributed by atoms with Gasteiger partial charge in [-0.3, -0.25) is 9.69 Å². The minimum Gasteiger partial charge on any atom is -0.353 e. The van der Waals surface area contributed by atoms with Gasteiger partial charge in [0.15, 0.2) is 0 Å². The molecule has 2 heterocycles. The van der Waals surface area contributed by atoms with Gasteiger partial charge in [-0.1, -0.05) is 18.9 Å². The molecule has 5 heteroatoms. The molecule has 1 amide bonds. The predicted octanol–water partition coefficient (Wildman–Crippen LogP) is 3.32. The van der Waals surface area contributed by atoms with Crippen molar-refractivity contribution in [2.24, 2.45) is 7.05 Å². The Morgan fingerprint density at radius 2 is 2.08 bits per heavy atom. The maximum atomic E-state index is 13.1. The topological polar surface area (TPSA) is 37.3 Å². The molecule has 0 spiro atoms. The van der Waals surface area contributed by atoms with Gasteiger partial charge in [-0.25, -0.2) is 0 Å². The Kier molecular flexibility index (Phi) is 5.11. The number of hydrogen-bond acceptors (Lipinski definition) is 3. The first-order valence-corrected chi connectivity index (χ1v) is 9.52. The van der Waals surface area contributed by atoms with Crippen molar-refractivity contribution in [2.45, 2.75) is 37.1 Å². The number of carbonyl (C=O) groups is 1. The van der Waals surface area contributed by atoms with Crippen LogP contribution in [0.2, 0.25) is 0 Å². The number of amides is 1. The molecule has 1 fully saturated rings. The molecular formula is C19H27N3OS.